The van der Waals surface area contributed by atoms with Crippen LogP contribution in [0.4, 0.5) is 5.69 Å². The van der Waals surface area contributed by atoms with Gasteiger partial charge >= 0.3 is 0 Å². The van der Waals surface area contributed by atoms with Crippen LogP contribution >= 0.6 is 11.3 Å². The third-order valence-corrected chi connectivity index (χ3v) is 3.76. The summed E-state index contributed by atoms with van der Waals surface area (Å²) in [5, 5.41) is 13.8. The van der Waals surface area contributed by atoms with Crippen LogP contribution in [0, 0.1) is 0 Å². The van der Waals surface area contributed by atoms with Crippen molar-refractivity contribution in [3.63, 3.8) is 0 Å². The van der Waals surface area contributed by atoms with Gasteiger partial charge < -0.3 is 14.8 Å². The first-order valence-corrected chi connectivity index (χ1v) is 7.14. The molecule has 1 amide bonds. The molecular weight excluding hydrogens is 288 g/mol. The Morgan fingerprint density at radius 1 is 1.33 bits per heavy atom. The van der Waals surface area contributed by atoms with Gasteiger partial charge in [-0.1, -0.05) is 18.2 Å². The van der Waals surface area contributed by atoms with Gasteiger partial charge in [0.05, 0.1) is 11.5 Å². The Morgan fingerprint density at radius 2 is 2.24 bits per heavy atom. The van der Waals surface area contributed by atoms with E-state index in [-0.39, 0.29) is 18.2 Å². The van der Waals surface area contributed by atoms with E-state index in [9.17, 15) is 4.79 Å². The van der Waals surface area contributed by atoms with Gasteiger partial charge in [0.15, 0.2) is 17.8 Å². The zero-order valence-electron chi connectivity index (χ0n) is 10.9. The molecule has 106 valence electrons. The van der Waals surface area contributed by atoms with Crippen LogP contribution in [0.3, 0.4) is 0 Å². The van der Waals surface area contributed by atoms with Crippen molar-refractivity contribution in [2.75, 3.05) is 5.32 Å². The van der Waals surface area contributed by atoms with Gasteiger partial charge in [0.25, 0.3) is 5.91 Å². The minimum Gasteiger partial charge on any atom is -0.442 e. The van der Waals surface area contributed by atoms with E-state index in [2.05, 4.69) is 10.3 Å². The van der Waals surface area contributed by atoms with Crippen molar-refractivity contribution in [1.29, 1.82) is 0 Å². The minimum atomic E-state index is -0.345. The topological polar surface area (TPSA) is 75.4 Å². The summed E-state index contributed by atoms with van der Waals surface area (Å²) in [6.07, 6.45) is 1.26. The molecule has 2 N–H and O–H groups in total. The third kappa shape index (κ3) is 2.86. The maximum Gasteiger partial charge on any atom is 0.278 e. The molecular formula is C15H12N2O3S. The molecule has 2 heterocycles. The Bertz CT molecular complexity index is 750. The second kappa shape index (κ2) is 5.90. The van der Waals surface area contributed by atoms with Gasteiger partial charge in [0.1, 0.15) is 0 Å². The van der Waals surface area contributed by atoms with Crippen molar-refractivity contribution in [2.24, 2.45) is 0 Å². The van der Waals surface area contributed by atoms with E-state index >= 15 is 0 Å². The third-order valence-electron chi connectivity index (χ3n) is 2.89. The molecule has 0 aliphatic heterocycles. The lowest BCUT2D eigenvalue weighted by atomic mass is 10.2. The molecule has 0 aliphatic rings. The van der Waals surface area contributed by atoms with E-state index in [4.69, 9.17) is 9.52 Å². The maximum atomic E-state index is 12.3. The number of amides is 1. The summed E-state index contributed by atoms with van der Waals surface area (Å²) in [5.74, 6) is 0.114. The lowest BCUT2D eigenvalue weighted by molar-refractivity contribution is 0.102. The minimum absolute atomic E-state index is 0.0753. The average molecular weight is 300 g/mol. The first-order chi connectivity index (χ1) is 10.3. The molecule has 3 rings (SSSR count). The number of nitrogens with zero attached hydrogens (tertiary/aromatic N) is 1. The number of benzene rings is 1. The van der Waals surface area contributed by atoms with Crippen molar-refractivity contribution in [2.45, 2.75) is 6.61 Å². The predicted molar refractivity (Wildman–Crippen MR) is 80.1 cm³/mol. The number of hydrogen-bond acceptors (Lipinski definition) is 5. The van der Waals surface area contributed by atoms with Gasteiger partial charge in [-0.15, -0.1) is 11.3 Å². The largest absolute Gasteiger partial charge is 0.442 e. The number of aromatic nitrogens is 1. The van der Waals surface area contributed by atoms with Crippen LogP contribution in [-0.2, 0) is 6.61 Å². The van der Waals surface area contributed by atoms with E-state index < -0.39 is 0 Å². The van der Waals surface area contributed by atoms with Crippen LogP contribution in [0.1, 0.15) is 16.1 Å². The first-order valence-electron chi connectivity index (χ1n) is 6.26. The van der Waals surface area contributed by atoms with E-state index in [0.717, 1.165) is 10.4 Å². The monoisotopic (exact) mass is 300 g/mol. The molecule has 0 saturated carbocycles. The number of oxazole rings is 1. The fourth-order valence-corrected chi connectivity index (χ4v) is 2.64. The summed E-state index contributed by atoms with van der Waals surface area (Å²) in [4.78, 5) is 17.1. The van der Waals surface area contributed by atoms with Gasteiger partial charge in [-0.05, 0) is 29.1 Å². The summed E-state index contributed by atoms with van der Waals surface area (Å²) in [6, 6.07) is 10.8. The lowest BCUT2D eigenvalue weighted by Crippen LogP contribution is -2.13. The Kier molecular flexibility index (Phi) is 3.81. The number of carbonyl (C=O) groups is 1. The molecule has 0 aliphatic carbocycles. The van der Waals surface area contributed by atoms with Gasteiger partial charge in [-0.25, -0.2) is 4.98 Å². The molecule has 5 nitrogen and oxygen atoms in total. The summed E-state index contributed by atoms with van der Waals surface area (Å²) in [5.41, 5.74) is 1.57. The van der Waals surface area contributed by atoms with Crippen molar-refractivity contribution in [3.8, 4) is 10.6 Å². The molecule has 0 bridgehead atoms. The number of nitrogens with one attached hydrogen (secondary N) is 1. The number of aliphatic hydroxyl groups is 1. The maximum absolute atomic E-state index is 12.3. The fraction of sp³-hybridized carbons (Fsp3) is 0.0667. The summed E-state index contributed by atoms with van der Waals surface area (Å²) >= 11 is 1.48. The second-order valence-electron chi connectivity index (χ2n) is 4.32. The highest BCUT2D eigenvalue weighted by molar-refractivity contribution is 7.13. The Labute approximate surface area is 124 Å². The first kappa shape index (κ1) is 13.5. The van der Waals surface area contributed by atoms with Crippen molar-refractivity contribution in [1.82, 2.24) is 4.98 Å². The van der Waals surface area contributed by atoms with E-state index in [1.54, 1.807) is 24.3 Å². The average Bonchev–Trinajstić information content (AvgIpc) is 3.18. The van der Waals surface area contributed by atoms with Gasteiger partial charge in [0, 0.05) is 5.69 Å². The fourth-order valence-electron chi connectivity index (χ4n) is 1.93. The molecule has 21 heavy (non-hydrogen) atoms. The number of thiophene rings is 1. The van der Waals surface area contributed by atoms with Crippen LogP contribution in [0.25, 0.3) is 10.6 Å². The Balaban J connectivity index is 1.85. The zero-order chi connectivity index (χ0) is 14.7. The second-order valence-corrected chi connectivity index (χ2v) is 5.27. The smallest absolute Gasteiger partial charge is 0.278 e. The van der Waals surface area contributed by atoms with Crippen LogP contribution < -0.4 is 5.32 Å². The van der Waals surface area contributed by atoms with Crippen LogP contribution in [0.5, 0.6) is 0 Å². The molecule has 3 aromatic rings. The number of carbonyl (C=O) groups excluding carboxylic acids is 1. The highest BCUT2D eigenvalue weighted by Gasteiger charge is 2.19. The van der Waals surface area contributed by atoms with Crippen molar-refractivity contribution < 1.29 is 14.3 Å². The normalized spacial score (nSPS) is 10.5. The standard InChI is InChI=1S/C15H12N2O3S/c18-8-10-3-1-4-11(7-10)17-15(19)13-14(20-9-16-13)12-5-2-6-21-12/h1-7,9,18H,8H2,(H,17,19). The molecule has 2 aromatic heterocycles. The molecule has 0 saturated heterocycles. The summed E-state index contributed by atoms with van der Waals surface area (Å²) in [6.45, 7) is -0.0753. The van der Waals surface area contributed by atoms with E-state index in [1.807, 2.05) is 17.5 Å². The predicted octanol–water partition coefficient (Wildman–Crippen LogP) is 3.15. The van der Waals surface area contributed by atoms with Crippen molar-refractivity contribution in [3.05, 3.63) is 59.4 Å². The summed E-state index contributed by atoms with van der Waals surface area (Å²) in [7, 11) is 0. The highest BCUT2D eigenvalue weighted by Crippen LogP contribution is 2.28. The van der Waals surface area contributed by atoms with Crippen LogP contribution in [0.15, 0.2) is 52.6 Å². The van der Waals surface area contributed by atoms with Gasteiger partial charge in [-0.3, -0.25) is 4.79 Å². The van der Waals surface area contributed by atoms with Crippen LogP contribution in [-0.4, -0.2) is 16.0 Å². The van der Waals surface area contributed by atoms with E-state index in [1.165, 1.54) is 17.7 Å². The Morgan fingerprint density at radius 3 is 3.00 bits per heavy atom. The molecule has 0 atom stereocenters. The Hall–Kier alpha value is -2.44. The van der Waals surface area contributed by atoms with Crippen LogP contribution in [0.2, 0.25) is 0 Å². The number of anilines is 1. The SMILES string of the molecule is O=C(Nc1cccc(CO)c1)c1ncoc1-c1cccs1. The molecule has 6 heteroatoms. The van der Waals surface area contributed by atoms with E-state index in [0.29, 0.717) is 11.4 Å². The number of rotatable bonds is 4. The molecule has 1 aromatic carbocycles. The molecule has 0 unspecified atom stereocenters. The van der Waals surface area contributed by atoms with Gasteiger partial charge in [-0.2, -0.15) is 0 Å². The molecule has 0 spiro atoms. The molecule has 0 radical (unpaired) electrons. The summed E-state index contributed by atoms with van der Waals surface area (Å²) < 4.78 is 5.31. The lowest BCUT2D eigenvalue weighted by Gasteiger charge is -2.05. The number of hydrogen-bond donors (Lipinski definition) is 2. The molecule has 0 fully saturated rings. The van der Waals surface area contributed by atoms with Gasteiger partial charge in [0.2, 0.25) is 0 Å². The number of aliphatic hydroxyl groups excluding tert-OH is 1. The highest BCUT2D eigenvalue weighted by atomic mass is 32.1. The zero-order valence-corrected chi connectivity index (χ0v) is 11.8. The quantitative estimate of drug-likeness (QED) is 0.776. The van der Waals surface area contributed by atoms with Crippen molar-refractivity contribution >= 4 is 22.9 Å².